The van der Waals surface area contributed by atoms with Gasteiger partial charge in [0.05, 0.1) is 6.42 Å². The van der Waals surface area contributed by atoms with Gasteiger partial charge in [-0.3, -0.25) is 4.79 Å². The summed E-state index contributed by atoms with van der Waals surface area (Å²) in [5, 5.41) is 0. The third-order valence-corrected chi connectivity index (χ3v) is 3.08. The fourth-order valence-corrected chi connectivity index (χ4v) is 1.95. The van der Waals surface area contributed by atoms with Crippen molar-refractivity contribution in [3.63, 3.8) is 0 Å². The van der Waals surface area contributed by atoms with E-state index in [-0.39, 0.29) is 11.9 Å². The van der Waals surface area contributed by atoms with E-state index in [1.54, 1.807) is 0 Å². The summed E-state index contributed by atoms with van der Waals surface area (Å²) in [5.74, 6) is 0.0321. The molecule has 0 saturated heterocycles. The maximum absolute atomic E-state index is 11.8. The largest absolute Gasteiger partial charge is 0.461 e. The highest BCUT2D eigenvalue weighted by Gasteiger charge is 2.12. The lowest BCUT2D eigenvalue weighted by molar-refractivity contribution is -0.145. The standard InChI is InChI=1S/C17H18O2/c1-14(16-10-6-3-7-11-16)12-17(18)19-13-15-8-4-2-5-9-15/h2-11,14H,12-13H2,1H3/t14-/m0/s1. The van der Waals surface area contributed by atoms with E-state index in [9.17, 15) is 4.79 Å². The topological polar surface area (TPSA) is 26.3 Å². The molecule has 0 aromatic heterocycles. The maximum Gasteiger partial charge on any atom is 0.306 e. The second-order valence-corrected chi connectivity index (χ2v) is 4.66. The summed E-state index contributed by atoms with van der Waals surface area (Å²) in [4.78, 5) is 11.8. The first kappa shape index (κ1) is 13.3. The molecule has 0 aliphatic rings. The smallest absolute Gasteiger partial charge is 0.306 e. The lowest BCUT2D eigenvalue weighted by atomic mass is 9.98. The molecule has 0 amide bonds. The van der Waals surface area contributed by atoms with E-state index in [2.05, 4.69) is 0 Å². The first-order chi connectivity index (χ1) is 9.25. The van der Waals surface area contributed by atoms with Crippen LogP contribution in [0.5, 0.6) is 0 Å². The first-order valence-corrected chi connectivity index (χ1v) is 6.50. The number of hydrogen-bond acceptors (Lipinski definition) is 2. The van der Waals surface area contributed by atoms with Crippen LogP contribution in [0.25, 0.3) is 0 Å². The number of rotatable bonds is 5. The molecule has 0 aliphatic carbocycles. The summed E-state index contributed by atoms with van der Waals surface area (Å²) in [6, 6.07) is 19.8. The molecule has 0 bridgehead atoms. The second-order valence-electron chi connectivity index (χ2n) is 4.66. The van der Waals surface area contributed by atoms with E-state index in [1.807, 2.05) is 67.6 Å². The Kier molecular flexibility index (Phi) is 4.73. The quantitative estimate of drug-likeness (QED) is 0.756. The molecule has 2 rings (SSSR count). The van der Waals surface area contributed by atoms with Gasteiger partial charge in [-0.1, -0.05) is 67.6 Å². The SMILES string of the molecule is C[C@@H](CC(=O)OCc1ccccc1)c1ccccc1. The molecule has 2 heteroatoms. The van der Waals surface area contributed by atoms with Crippen LogP contribution in [0.1, 0.15) is 30.4 Å². The zero-order chi connectivity index (χ0) is 13.5. The minimum Gasteiger partial charge on any atom is -0.461 e. The van der Waals surface area contributed by atoms with Gasteiger partial charge in [0, 0.05) is 0 Å². The lowest BCUT2D eigenvalue weighted by Crippen LogP contribution is -2.08. The summed E-state index contributed by atoms with van der Waals surface area (Å²) in [6.07, 6.45) is 0.414. The molecule has 1 atom stereocenters. The molecule has 0 aliphatic heterocycles. The van der Waals surface area contributed by atoms with Crippen molar-refractivity contribution in [2.75, 3.05) is 0 Å². The van der Waals surface area contributed by atoms with E-state index in [0.717, 1.165) is 5.56 Å². The normalized spacial score (nSPS) is 11.8. The molecule has 98 valence electrons. The average Bonchev–Trinajstić information content (AvgIpc) is 2.47. The van der Waals surface area contributed by atoms with Crippen molar-refractivity contribution in [3.8, 4) is 0 Å². The van der Waals surface area contributed by atoms with Crippen LogP contribution >= 0.6 is 0 Å². The number of benzene rings is 2. The van der Waals surface area contributed by atoms with Crippen LogP contribution < -0.4 is 0 Å². The van der Waals surface area contributed by atoms with E-state index in [4.69, 9.17) is 4.74 Å². The van der Waals surface area contributed by atoms with Gasteiger partial charge in [-0.15, -0.1) is 0 Å². The van der Waals surface area contributed by atoms with Gasteiger partial charge in [0.2, 0.25) is 0 Å². The van der Waals surface area contributed by atoms with E-state index >= 15 is 0 Å². The molecular formula is C17H18O2. The lowest BCUT2D eigenvalue weighted by Gasteiger charge is -2.11. The Morgan fingerprint density at radius 1 is 1.00 bits per heavy atom. The third-order valence-electron chi connectivity index (χ3n) is 3.08. The maximum atomic E-state index is 11.8. The van der Waals surface area contributed by atoms with Crippen molar-refractivity contribution in [1.82, 2.24) is 0 Å². The molecule has 2 aromatic carbocycles. The van der Waals surface area contributed by atoms with Crippen molar-refractivity contribution in [2.24, 2.45) is 0 Å². The van der Waals surface area contributed by atoms with Gasteiger partial charge >= 0.3 is 5.97 Å². The van der Waals surface area contributed by atoms with Gasteiger partial charge in [0.15, 0.2) is 0 Å². The first-order valence-electron chi connectivity index (χ1n) is 6.50. The van der Waals surface area contributed by atoms with Crippen LogP contribution in [0.15, 0.2) is 60.7 Å². The molecule has 0 spiro atoms. The Labute approximate surface area is 114 Å². The Bertz CT molecular complexity index is 505. The summed E-state index contributed by atoms with van der Waals surface area (Å²) < 4.78 is 5.28. The highest BCUT2D eigenvalue weighted by molar-refractivity contribution is 5.70. The predicted molar refractivity (Wildman–Crippen MR) is 75.7 cm³/mol. The van der Waals surface area contributed by atoms with Crippen LogP contribution in [0.4, 0.5) is 0 Å². The Morgan fingerprint density at radius 2 is 1.58 bits per heavy atom. The number of ether oxygens (including phenoxy) is 1. The van der Waals surface area contributed by atoms with Gasteiger partial charge in [0.25, 0.3) is 0 Å². The third kappa shape index (κ3) is 4.25. The average molecular weight is 254 g/mol. The van der Waals surface area contributed by atoms with Crippen molar-refractivity contribution in [2.45, 2.75) is 25.9 Å². The predicted octanol–water partition coefficient (Wildman–Crippen LogP) is 3.92. The Morgan fingerprint density at radius 3 is 2.21 bits per heavy atom. The van der Waals surface area contributed by atoms with E-state index in [1.165, 1.54) is 5.56 Å². The van der Waals surface area contributed by atoms with Crippen molar-refractivity contribution in [1.29, 1.82) is 0 Å². The van der Waals surface area contributed by atoms with Crippen molar-refractivity contribution >= 4 is 5.97 Å². The Hall–Kier alpha value is -2.09. The van der Waals surface area contributed by atoms with E-state index in [0.29, 0.717) is 13.0 Å². The van der Waals surface area contributed by atoms with Gasteiger partial charge < -0.3 is 4.74 Å². The zero-order valence-corrected chi connectivity index (χ0v) is 11.1. The van der Waals surface area contributed by atoms with Crippen molar-refractivity contribution in [3.05, 3.63) is 71.8 Å². The van der Waals surface area contributed by atoms with Crippen LogP contribution in [0, 0.1) is 0 Å². The molecule has 19 heavy (non-hydrogen) atoms. The van der Waals surface area contributed by atoms with Gasteiger partial charge in [-0.2, -0.15) is 0 Å². The minimum absolute atomic E-state index is 0.153. The van der Waals surface area contributed by atoms with Crippen LogP contribution in [0.3, 0.4) is 0 Å². The minimum atomic E-state index is -0.153. The fraction of sp³-hybridized carbons (Fsp3) is 0.235. The van der Waals surface area contributed by atoms with Crippen molar-refractivity contribution < 1.29 is 9.53 Å². The van der Waals surface area contributed by atoms with Crippen LogP contribution in [-0.4, -0.2) is 5.97 Å². The Balaban J connectivity index is 1.82. The molecule has 0 unspecified atom stereocenters. The van der Waals surface area contributed by atoms with Gasteiger partial charge in [-0.25, -0.2) is 0 Å². The molecule has 2 nitrogen and oxygen atoms in total. The van der Waals surface area contributed by atoms with Crippen LogP contribution in [-0.2, 0) is 16.1 Å². The number of esters is 1. The van der Waals surface area contributed by atoms with Gasteiger partial charge in [0.1, 0.15) is 6.61 Å². The highest BCUT2D eigenvalue weighted by Crippen LogP contribution is 2.19. The molecule has 0 fully saturated rings. The monoisotopic (exact) mass is 254 g/mol. The molecule has 0 radical (unpaired) electrons. The second kappa shape index (κ2) is 6.74. The molecule has 2 aromatic rings. The number of carbonyl (C=O) groups excluding carboxylic acids is 1. The molecule has 0 N–H and O–H groups in total. The highest BCUT2D eigenvalue weighted by atomic mass is 16.5. The number of carbonyl (C=O) groups is 1. The molecule has 0 saturated carbocycles. The summed E-state index contributed by atoms with van der Waals surface area (Å²) >= 11 is 0. The summed E-state index contributed by atoms with van der Waals surface area (Å²) in [5.41, 5.74) is 2.18. The molecular weight excluding hydrogens is 236 g/mol. The van der Waals surface area contributed by atoms with E-state index < -0.39 is 0 Å². The van der Waals surface area contributed by atoms with Gasteiger partial charge in [-0.05, 0) is 17.0 Å². The van der Waals surface area contributed by atoms with Crippen LogP contribution in [0.2, 0.25) is 0 Å². The zero-order valence-electron chi connectivity index (χ0n) is 11.1. The fourth-order valence-electron chi connectivity index (χ4n) is 1.95. The molecule has 0 heterocycles. The number of hydrogen-bond donors (Lipinski definition) is 0. The summed E-state index contributed by atoms with van der Waals surface area (Å²) in [7, 11) is 0. The summed E-state index contributed by atoms with van der Waals surface area (Å²) in [6.45, 7) is 2.39.